The monoisotopic (exact) mass is 210 g/mol. The lowest BCUT2D eigenvalue weighted by Crippen LogP contribution is -2.39. The number of nitrogens with two attached hydrogens (primary N) is 1. The largest absolute Gasteiger partial charge is 0.465 e. The standard InChI is InChI=1S/C12H22N2O/c1-4-10-5-6-11(15-10)8-14-12(7-13)9(2)3/h5-6,9,12,14H,4,7-8,13H2,1-3H3. The minimum Gasteiger partial charge on any atom is -0.465 e. The lowest BCUT2D eigenvalue weighted by Gasteiger charge is -2.19. The molecule has 0 saturated heterocycles. The van der Waals surface area contributed by atoms with Crippen LogP contribution in [0.4, 0.5) is 0 Å². The SMILES string of the molecule is CCc1ccc(CNC(CN)C(C)C)o1. The van der Waals surface area contributed by atoms with Crippen molar-refractivity contribution in [3.63, 3.8) is 0 Å². The van der Waals surface area contributed by atoms with Gasteiger partial charge in [0.2, 0.25) is 0 Å². The summed E-state index contributed by atoms with van der Waals surface area (Å²) >= 11 is 0. The molecular formula is C12H22N2O. The smallest absolute Gasteiger partial charge is 0.117 e. The summed E-state index contributed by atoms with van der Waals surface area (Å²) in [6.45, 7) is 7.86. The average Bonchev–Trinajstić information content (AvgIpc) is 2.66. The molecule has 0 amide bonds. The van der Waals surface area contributed by atoms with E-state index in [1.807, 2.05) is 12.1 Å². The molecule has 0 spiro atoms. The molecule has 0 aliphatic heterocycles. The minimum atomic E-state index is 0.361. The van der Waals surface area contributed by atoms with Crippen LogP contribution < -0.4 is 11.1 Å². The third kappa shape index (κ3) is 3.68. The van der Waals surface area contributed by atoms with Gasteiger partial charge in [-0.15, -0.1) is 0 Å². The summed E-state index contributed by atoms with van der Waals surface area (Å²) < 4.78 is 5.60. The first-order valence-corrected chi connectivity index (χ1v) is 5.68. The first-order chi connectivity index (χ1) is 7.17. The summed E-state index contributed by atoms with van der Waals surface area (Å²) in [7, 11) is 0. The quantitative estimate of drug-likeness (QED) is 0.754. The first-order valence-electron chi connectivity index (χ1n) is 5.68. The topological polar surface area (TPSA) is 51.2 Å². The van der Waals surface area contributed by atoms with Gasteiger partial charge < -0.3 is 15.5 Å². The van der Waals surface area contributed by atoms with Gasteiger partial charge in [0.25, 0.3) is 0 Å². The van der Waals surface area contributed by atoms with Crippen LogP contribution in [-0.2, 0) is 13.0 Å². The van der Waals surface area contributed by atoms with Crippen LogP contribution in [0.3, 0.4) is 0 Å². The number of nitrogens with one attached hydrogen (secondary N) is 1. The number of hydrogen-bond acceptors (Lipinski definition) is 3. The Balaban J connectivity index is 2.41. The van der Waals surface area contributed by atoms with Crippen molar-refractivity contribution in [1.29, 1.82) is 0 Å². The Bertz CT molecular complexity index is 281. The van der Waals surface area contributed by atoms with E-state index in [2.05, 4.69) is 26.1 Å². The molecule has 1 aromatic heterocycles. The lowest BCUT2D eigenvalue weighted by atomic mass is 10.1. The predicted molar refractivity (Wildman–Crippen MR) is 62.6 cm³/mol. The van der Waals surface area contributed by atoms with Gasteiger partial charge in [0.1, 0.15) is 11.5 Å². The second-order valence-electron chi connectivity index (χ2n) is 4.19. The summed E-state index contributed by atoms with van der Waals surface area (Å²) in [4.78, 5) is 0. The number of rotatable bonds is 6. The van der Waals surface area contributed by atoms with E-state index in [0.29, 0.717) is 18.5 Å². The average molecular weight is 210 g/mol. The third-order valence-corrected chi connectivity index (χ3v) is 2.66. The van der Waals surface area contributed by atoms with Gasteiger partial charge in [0.05, 0.1) is 6.54 Å². The van der Waals surface area contributed by atoms with Crippen molar-refractivity contribution in [2.45, 2.75) is 39.8 Å². The highest BCUT2D eigenvalue weighted by molar-refractivity contribution is 5.06. The Hall–Kier alpha value is -0.800. The number of aryl methyl sites for hydroxylation is 1. The normalized spacial score (nSPS) is 13.4. The van der Waals surface area contributed by atoms with Gasteiger partial charge in [0.15, 0.2) is 0 Å². The van der Waals surface area contributed by atoms with E-state index in [0.717, 1.165) is 24.5 Å². The number of hydrogen-bond donors (Lipinski definition) is 2. The molecule has 0 aromatic carbocycles. The van der Waals surface area contributed by atoms with E-state index in [-0.39, 0.29) is 0 Å². The molecule has 0 aliphatic rings. The van der Waals surface area contributed by atoms with Crippen LogP contribution in [0.15, 0.2) is 16.5 Å². The fourth-order valence-corrected chi connectivity index (χ4v) is 1.53. The van der Waals surface area contributed by atoms with Crippen LogP contribution in [0.1, 0.15) is 32.3 Å². The van der Waals surface area contributed by atoms with Crippen LogP contribution in [0.5, 0.6) is 0 Å². The van der Waals surface area contributed by atoms with E-state index >= 15 is 0 Å². The Morgan fingerprint density at radius 3 is 2.47 bits per heavy atom. The van der Waals surface area contributed by atoms with Crippen molar-refractivity contribution in [3.05, 3.63) is 23.7 Å². The maximum absolute atomic E-state index is 5.68. The van der Waals surface area contributed by atoms with E-state index in [9.17, 15) is 0 Å². The Morgan fingerprint density at radius 1 is 1.33 bits per heavy atom. The van der Waals surface area contributed by atoms with E-state index in [1.54, 1.807) is 0 Å². The van der Waals surface area contributed by atoms with Gasteiger partial charge in [-0.25, -0.2) is 0 Å². The van der Waals surface area contributed by atoms with E-state index in [4.69, 9.17) is 10.2 Å². The molecule has 0 radical (unpaired) electrons. The van der Waals surface area contributed by atoms with E-state index in [1.165, 1.54) is 0 Å². The molecule has 0 bridgehead atoms. The Morgan fingerprint density at radius 2 is 2.00 bits per heavy atom. The molecule has 1 unspecified atom stereocenters. The van der Waals surface area contributed by atoms with Gasteiger partial charge in [-0.2, -0.15) is 0 Å². The Labute approximate surface area is 92.0 Å². The van der Waals surface area contributed by atoms with Crippen molar-refractivity contribution in [3.8, 4) is 0 Å². The molecular weight excluding hydrogens is 188 g/mol. The van der Waals surface area contributed by atoms with Crippen molar-refractivity contribution < 1.29 is 4.42 Å². The summed E-state index contributed by atoms with van der Waals surface area (Å²) in [6.07, 6.45) is 0.949. The molecule has 1 aromatic rings. The first kappa shape index (κ1) is 12.3. The highest BCUT2D eigenvalue weighted by Gasteiger charge is 2.11. The maximum Gasteiger partial charge on any atom is 0.117 e. The second kappa shape index (κ2) is 5.93. The summed E-state index contributed by atoms with van der Waals surface area (Å²) in [6, 6.07) is 4.42. The summed E-state index contributed by atoms with van der Waals surface area (Å²) in [5.74, 6) is 2.59. The van der Waals surface area contributed by atoms with Crippen molar-refractivity contribution >= 4 is 0 Å². The van der Waals surface area contributed by atoms with Crippen LogP contribution in [0.25, 0.3) is 0 Å². The molecule has 3 heteroatoms. The predicted octanol–water partition coefficient (Wildman–Crippen LogP) is 1.91. The van der Waals surface area contributed by atoms with Gasteiger partial charge in [-0.05, 0) is 18.1 Å². The number of furan rings is 1. The lowest BCUT2D eigenvalue weighted by molar-refractivity contribution is 0.374. The van der Waals surface area contributed by atoms with Gasteiger partial charge in [-0.3, -0.25) is 0 Å². The Kier molecular flexibility index (Phi) is 4.85. The third-order valence-electron chi connectivity index (χ3n) is 2.66. The molecule has 0 saturated carbocycles. The summed E-state index contributed by atoms with van der Waals surface area (Å²) in [5, 5.41) is 3.40. The zero-order valence-electron chi connectivity index (χ0n) is 9.92. The summed E-state index contributed by atoms with van der Waals surface area (Å²) in [5.41, 5.74) is 5.68. The molecule has 15 heavy (non-hydrogen) atoms. The highest BCUT2D eigenvalue weighted by Crippen LogP contribution is 2.09. The van der Waals surface area contributed by atoms with Crippen molar-refractivity contribution in [1.82, 2.24) is 5.32 Å². The fraction of sp³-hybridized carbons (Fsp3) is 0.667. The molecule has 0 fully saturated rings. The van der Waals surface area contributed by atoms with Gasteiger partial charge in [0, 0.05) is 19.0 Å². The molecule has 1 rings (SSSR count). The van der Waals surface area contributed by atoms with Crippen molar-refractivity contribution in [2.75, 3.05) is 6.54 Å². The molecule has 3 nitrogen and oxygen atoms in total. The minimum absolute atomic E-state index is 0.361. The molecule has 1 heterocycles. The van der Waals surface area contributed by atoms with Crippen LogP contribution >= 0.6 is 0 Å². The van der Waals surface area contributed by atoms with Crippen molar-refractivity contribution in [2.24, 2.45) is 11.7 Å². The molecule has 0 aliphatic carbocycles. The van der Waals surface area contributed by atoms with Gasteiger partial charge >= 0.3 is 0 Å². The van der Waals surface area contributed by atoms with Crippen LogP contribution in [0, 0.1) is 5.92 Å². The van der Waals surface area contributed by atoms with Crippen LogP contribution in [0.2, 0.25) is 0 Å². The van der Waals surface area contributed by atoms with Crippen LogP contribution in [-0.4, -0.2) is 12.6 Å². The highest BCUT2D eigenvalue weighted by atomic mass is 16.3. The van der Waals surface area contributed by atoms with Gasteiger partial charge in [-0.1, -0.05) is 20.8 Å². The second-order valence-corrected chi connectivity index (χ2v) is 4.19. The zero-order chi connectivity index (χ0) is 11.3. The maximum atomic E-state index is 5.68. The van der Waals surface area contributed by atoms with E-state index < -0.39 is 0 Å². The molecule has 3 N–H and O–H groups in total. The molecule has 1 atom stereocenters. The molecule has 86 valence electrons. The zero-order valence-corrected chi connectivity index (χ0v) is 9.92. The fourth-order valence-electron chi connectivity index (χ4n) is 1.53.